The molecule has 2 amide bonds. The van der Waals surface area contributed by atoms with Gasteiger partial charge in [-0.3, -0.25) is 14.5 Å². The van der Waals surface area contributed by atoms with Crippen molar-refractivity contribution in [2.75, 3.05) is 44.7 Å². The van der Waals surface area contributed by atoms with Crippen LogP contribution >= 0.6 is 0 Å². The lowest BCUT2D eigenvalue weighted by molar-refractivity contribution is -0.114. The summed E-state index contributed by atoms with van der Waals surface area (Å²) in [6, 6.07) is 6.99. The number of amides is 2. The van der Waals surface area contributed by atoms with Gasteiger partial charge in [-0.25, -0.2) is 0 Å². The Morgan fingerprint density at radius 1 is 1.24 bits per heavy atom. The van der Waals surface area contributed by atoms with E-state index in [4.69, 9.17) is 4.74 Å². The van der Waals surface area contributed by atoms with Gasteiger partial charge >= 0.3 is 0 Å². The van der Waals surface area contributed by atoms with E-state index in [1.54, 1.807) is 24.3 Å². The molecule has 1 aromatic rings. The summed E-state index contributed by atoms with van der Waals surface area (Å²) in [6.07, 6.45) is 0. The van der Waals surface area contributed by atoms with Crippen LogP contribution in [0, 0.1) is 0 Å². The third-order valence-electron chi connectivity index (χ3n) is 3.30. The lowest BCUT2D eigenvalue weighted by Crippen LogP contribution is -2.41. The number of para-hydroxylation sites is 1. The summed E-state index contributed by atoms with van der Waals surface area (Å²) < 4.78 is 5.28. The van der Waals surface area contributed by atoms with Gasteiger partial charge in [-0.1, -0.05) is 12.1 Å². The molecule has 0 bridgehead atoms. The first-order chi connectivity index (χ1) is 10.2. The second-order valence-electron chi connectivity index (χ2n) is 4.94. The number of anilines is 1. The van der Waals surface area contributed by atoms with Crippen molar-refractivity contribution in [2.24, 2.45) is 0 Å². The van der Waals surface area contributed by atoms with Crippen LogP contribution in [0.15, 0.2) is 24.3 Å². The zero-order chi connectivity index (χ0) is 15.1. The highest BCUT2D eigenvalue weighted by Crippen LogP contribution is 2.14. The maximum atomic E-state index is 12.2. The van der Waals surface area contributed by atoms with E-state index in [-0.39, 0.29) is 11.8 Å². The number of carbonyl (C=O) groups is 2. The summed E-state index contributed by atoms with van der Waals surface area (Å²) >= 11 is 0. The minimum atomic E-state index is -0.191. The Kier molecular flexibility index (Phi) is 5.71. The van der Waals surface area contributed by atoms with E-state index in [0.717, 1.165) is 32.8 Å². The largest absolute Gasteiger partial charge is 0.379 e. The second-order valence-corrected chi connectivity index (χ2v) is 4.94. The van der Waals surface area contributed by atoms with Crippen LogP contribution in [0.5, 0.6) is 0 Å². The van der Waals surface area contributed by atoms with Crippen molar-refractivity contribution in [1.82, 2.24) is 10.2 Å². The molecule has 114 valence electrons. The van der Waals surface area contributed by atoms with Crippen LogP contribution in [-0.2, 0) is 9.53 Å². The van der Waals surface area contributed by atoms with E-state index in [0.29, 0.717) is 17.8 Å². The summed E-state index contributed by atoms with van der Waals surface area (Å²) in [5.41, 5.74) is 1.02. The Morgan fingerprint density at radius 3 is 2.67 bits per heavy atom. The smallest absolute Gasteiger partial charge is 0.253 e. The lowest BCUT2D eigenvalue weighted by atomic mass is 10.1. The summed E-state index contributed by atoms with van der Waals surface area (Å²) in [5.74, 6) is -0.365. The van der Waals surface area contributed by atoms with Crippen molar-refractivity contribution in [3.05, 3.63) is 29.8 Å². The first kappa shape index (κ1) is 15.5. The number of nitrogens with one attached hydrogen (secondary N) is 2. The Morgan fingerprint density at radius 2 is 1.95 bits per heavy atom. The van der Waals surface area contributed by atoms with Gasteiger partial charge in [-0.2, -0.15) is 0 Å². The van der Waals surface area contributed by atoms with Gasteiger partial charge in [0.15, 0.2) is 0 Å². The predicted octanol–water partition coefficient (Wildman–Crippen LogP) is 0.707. The SMILES string of the molecule is CC(=O)Nc1ccccc1C(=O)NCCN1CCOCC1. The molecule has 0 atom stereocenters. The number of hydrogen-bond acceptors (Lipinski definition) is 4. The number of hydrogen-bond donors (Lipinski definition) is 2. The van der Waals surface area contributed by atoms with Gasteiger partial charge in [0.25, 0.3) is 5.91 Å². The quantitative estimate of drug-likeness (QED) is 0.838. The summed E-state index contributed by atoms with van der Waals surface area (Å²) in [7, 11) is 0. The summed E-state index contributed by atoms with van der Waals surface area (Å²) in [6.45, 7) is 6.10. The molecule has 1 aromatic carbocycles. The summed E-state index contributed by atoms with van der Waals surface area (Å²) in [4.78, 5) is 25.6. The molecule has 21 heavy (non-hydrogen) atoms. The number of ether oxygens (including phenoxy) is 1. The highest BCUT2D eigenvalue weighted by atomic mass is 16.5. The van der Waals surface area contributed by atoms with Gasteiger partial charge < -0.3 is 15.4 Å². The summed E-state index contributed by atoms with van der Waals surface area (Å²) in [5, 5.41) is 5.55. The molecular formula is C15H21N3O3. The Labute approximate surface area is 124 Å². The number of carbonyl (C=O) groups excluding carboxylic acids is 2. The molecule has 1 fully saturated rings. The predicted molar refractivity (Wildman–Crippen MR) is 80.3 cm³/mol. The zero-order valence-corrected chi connectivity index (χ0v) is 12.2. The fourth-order valence-electron chi connectivity index (χ4n) is 2.23. The molecule has 1 aliphatic heterocycles. The molecule has 1 heterocycles. The fraction of sp³-hybridized carbons (Fsp3) is 0.467. The van der Waals surface area contributed by atoms with Crippen LogP contribution in [0.4, 0.5) is 5.69 Å². The van der Waals surface area contributed by atoms with Gasteiger partial charge in [-0.05, 0) is 12.1 Å². The van der Waals surface area contributed by atoms with Crippen molar-refractivity contribution >= 4 is 17.5 Å². The minimum absolute atomic E-state index is 0.174. The standard InChI is InChI=1S/C15H21N3O3/c1-12(19)17-14-5-3-2-4-13(14)15(20)16-6-7-18-8-10-21-11-9-18/h2-5H,6-11H2,1H3,(H,16,20)(H,17,19). The molecule has 6 nitrogen and oxygen atoms in total. The molecule has 0 aromatic heterocycles. The molecular weight excluding hydrogens is 270 g/mol. The molecule has 0 radical (unpaired) electrons. The van der Waals surface area contributed by atoms with Crippen molar-refractivity contribution < 1.29 is 14.3 Å². The highest BCUT2D eigenvalue weighted by Gasteiger charge is 2.13. The van der Waals surface area contributed by atoms with E-state index in [1.165, 1.54) is 6.92 Å². The molecule has 0 saturated carbocycles. The van der Waals surface area contributed by atoms with E-state index >= 15 is 0 Å². The Balaban J connectivity index is 1.86. The van der Waals surface area contributed by atoms with Crippen LogP contribution in [0.3, 0.4) is 0 Å². The van der Waals surface area contributed by atoms with E-state index in [9.17, 15) is 9.59 Å². The van der Waals surface area contributed by atoms with E-state index < -0.39 is 0 Å². The minimum Gasteiger partial charge on any atom is -0.379 e. The highest BCUT2D eigenvalue weighted by molar-refractivity contribution is 6.03. The van der Waals surface area contributed by atoms with Gasteiger partial charge in [0.2, 0.25) is 5.91 Å². The number of morpholine rings is 1. The first-order valence-corrected chi connectivity index (χ1v) is 7.12. The second kappa shape index (κ2) is 7.75. The van der Waals surface area contributed by atoms with Gasteiger partial charge in [0, 0.05) is 33.1 Å². The van der Waals surface area contributed by atoms with Crippen molar-refractivity contribution in [3.8, 4) is 0 Å². The normalized spacial score (nSPS) is 15.5. The van der Waals surface area contributed by atoms with E-state index in [1.807, 2.05) is 0 Å². The first-order valence-electron chi connectivity index (χ1n) is 7.12. The Bertz CT molecular complexity index is 499. The molecule has 1 aliphatic rings. The number of nitrogens with zero attached hydrogens (tertiary/aromatic N) is 1. The third kappa shape index (κ3) is 4.84. The third-order valence-corrected chi connectivity index (χ3v) is 3.30. The van der Waals surface area contributed by atoms with Crippen molar-refractivity contribution in [2.45, 2.75) is 6.92 Å². The van der Waals surface area contributed by atoms with Crippen molar-refractivity contribution in [3.63, 3.8) is 0 Å². The average Bonchev–Trinajstić information content (AvgIpc) is 2.48. The van der Waals surface area contributed by atoms with Crippen LogP contribution in [0.25, 0.3) is 0 Å². The maximum Gasteiger partial charge on any atom is 0.253 e. The molecule has 0 unspecified atom stereocenters. The lowest BCUT2D eigenvalue weighted by Gasteiger charge is -2.26. The monoisotopic (exact) mass is 291 g/mol. The maximum absolute atomic E-state index is 12.2. The molecule has 0 aliphatic carbocycles. The van der Waals surface area contributed by atoms with Crippen LogP contribution in [0.1, 0.15) is 17.3 Å². The molecule has 0 spiro atoms. The van der Waals surface area contributed by atoms with Crippen LogP contribution < -0.4 is 10.6 Å². The van der Waals surface area contributed by atoms with Gasteiger partial charge in [-0.15, -0.1) is 0 Å². The topological polar surface area (TPSA) is 70.7 Å². The average molecular weight is 291 g/mol. The number of rotatable bonds is 5. The van der Waals surface area contributed by atoms with Crippen molar-refractivity contribution in [1.29, 1.82) is 0 Å². The van der Waals surface area contributed by atoms with E-state index in [2.05, 4.69) is 15.5 Å². The Hall–Kier alpha value is -1.92. The molecule has 1 saturated heterocycles. The number of benzene rings is 1. The van der Waals surface area contributed by atoms with Crippen LogP contribution in [-0.4, -0.2) is 56.1 Å². The fourth-order valence-corrected chi connectivity index (χ4v) is 2.23. The molecule has 6 heteroatoms. The van der Waals surface area contributed by atoms with Gasteiger partial charge in [0.1, 0.15) is 0 Å². The van der Waals surface area contributed by atoms with Gasteiger partial charge in [0.05, 0.1) is 24.5 Å². The zero-order valence-electron chi connectivity index (χ0n) is 12.2. The molecule has 2 rings (SSSR count). The van der Waals surface area contributed by atoms with Crippen LogP contribution in [0.2, 0.25) is 0 Å². The molecule has 2 N–H and O–H groups in total.